The second kappa shape index (κ2) is 31.6. The summed E-state index contributed by atoms with van der Waals surface area (Å²) in [6.45, 7) is 10.1. The number of hydrogen-bond donors (Lipinski definition) is 13. The largest absolute Gasteiger partial charge is 0.508 e. The van der Waals surface area contributed by atoms with Crippen LogP contribution in [-0.2, 0) is 73.6 Å². The number of carboxylic acids is 2. The molecule has 1 saturated heterocycles. The predicted molar refractivity (Wildman–Crippen MR) is 311 cm³/mol. The molecular weight excluding hydrogens is 1100 g/mol. The number of rotatable bonds is 30. The summed E-state index contributed by atoms with van der Waals surface area (Å²) >= 11 is 0. The van der Waals surface area contributed by atoms with Gasteiger partial charge < -0.3 is 73.4 Å². The Bertz CT molecular complexity index is 2960. The molecule has 1 heterocycles. The molecule has 24 nitrogen and oxygen atoms in total. The van der Waals surface area contributed by atoms with E-state index in [0.717, 1.165) is 5.56 Å². The van der Waals surface area contributed by atoms with Crippen molar-refractivity contribution in [2.75, 3.05) is 6.54 Å². The van der Waals surface area contributed by atoms with Gasteiger partial charge in [0.05, 0.1) is 12.5 Å². The summed E-state index contributed by atoms with van der Waals surface area (Å²) < 4.78 is 0. The number of phenolic OH excluding ortho intramolecular Hbond substituents is 3. The van der Waals surface area contributed by atoms with Gasteiger partial charge in [-0.2, -0.15) is 0 Å². The van der Waals surface area contributed by atoms with E-state index in [-0.39, 0.29) is 68.2 Å². The van der Waals surface area contributed by atoms with Gasteiger partial charge in [0.1, 0.15) is 65.6 Å². The molecule has 0 aliphatic carbocycles. The van der Waals surface area contributed by atoms with Crippen molar-refractivity contribution >= 4 is 59.2 Å². The highest BCUT2D eigenvalue weighted by molar-refractivity contribution is 5.99. The molecule has 0 spiro atoms. The Morgan fingerprint density at radius 1 is 0.482 bits per heavy atom. The van der Waals surface area contributed by atoms with Crippen LogP contribution in [0.1, 0.15) is 89.5 Å². The number of carbonyl (C=O) groups is 10. The number of nitrogens with two attached hydrogens (primary N) is 1. The first-order valence-corrected chi connectivity index (χ1v) is 28.2. The maximum Gasteiger partial charge on any atom is 0.326 e. The van der Waals surface area contributed by atoms with Crippen molar-refractivity contribution < 1.29 is 73.5 Å². The summed E-state index contributed by atoms with van der Waals surface area (Å²) in [6.07, 6.45) is -0.656. The molecule has 14 N–H and O–H groups in total. The maximum absolute atomic E-state index is 14.6. The lowest BCUT2D eigenvalue weighted by molar-refractivity contribution is -0.144. The number of likely N-dealkylation sites (tertiary alicyclic amines) is 1. The van der Waals surface area contributed by atoms with Crippen molar-refractivity contribution in [3.63, 3.8) is 0 Å². The Hall–Kier alpha value is -9.06. The minimum Gasteiger partial charge on any atom is -0.508 e. The van der Waals surface area contributed by atoms with Crippen LogP contribution in [0.2, 0.25) is 0 Å². The number of hydrogen-bond acceptors (Lipinski definition) is 14. The van der Waals surface area contributed by atoms with Crippen LogP contribution in [0, 0.1) is 17.8 Å². The first-order valence-electron chi connectivity index (χ1n) is 28.2. The number of nitrogens with one attached hydrogen (secondary N) is 7. The van der Waals surface area contributed by atoms with Crippen molar-refractivity contribution in [1.29, 1.82) is 0 Å². The van der Waals surface area contributed by atoms with Crippen molar-refractivity contribution in [1.82, 2.24) is 42.1 Å². The average molecular weight is 1180 g/mol. The molecule has 5 rings (SSSR count). The molecule has 9 atom stereocenters. The predicted octanol–water partition coefficient (Wildman–Crippen LogP) is 1.70. The lowest BCUT2D eigenvalue weighted by atomic mass is 9.98. The van der Waals surface area contributed by atoms with E-state index in [1.807, 2.05) is 13.8 Å². The van der Waals surface area contributed by atoms with Crippen molar-refractivity contribution in [2.24, 2.45) is 23.5 Å². The van der Waals surface area contributed by atoms with Crippen LogP contribution in [0.5, 0.6) is 17.2 Å². The quantitative estimate of drug-likeness (QED) is 0.0353. The third kappa shape index (κ3) is 20.7. The van der Waals surface area contributed by atoms with Gasteiger partial charge in [-0.1, -0.05) is 108 Å². The van der Waals surface area contributed by atoms with Gasteiger partial charge in [0.15, 0.2) is 0 Å². The Morgan fingerprint density at radius 2 is 0.894 bits per heavy atom. The Kier molecular flexibility index (Phi) is 24.8. The van der Waals surface area contributed by atoms with E-state index in [4.69, 9.17) is 5.73 Å². The van der Waals surface area contributed by atoms with Crippen molar-refractivity contribution in [3.8, 4) is 17.2 Å². The fourth-order valence-electron chi connectivity index (χ4n) is 9.68. The third-order valence-electron chi connectivity index (χ3n) is 14.3. The zero-order chi connectivity index (χ0) is 62.7. The number of nitrogens with zero attached hydrogens (tertiary/aromatic N) is 1. The summed E-state index contributed by atoms with van der Waals surface area (Å²) in [5, 5.41) is 67.5. The second-order valence-electron chi connectivity index (χ2n) is 22.4. The van der Waals surface area contributed by atoms with Crippen molar-refractivity contribution in [2.45, 2.75) is 147 Å². The second-order valence-corrected chi connectivity index (χ2v) is 22.4. The molecule has 0 unspecified atom stereocenters. The van der Waals surface area contributed by atoms with E-state index in [0.29, 0.717) is 23.1 Å². The molecule has 24 heteroatoms. The van der Waals surface area contributed by atoms with Gasteiger partial charge >= 0.3 is 11.9 Å². The van der Waals surface area contributed by atoms with Crippen molar-refractivity contribution in [3.05, 3.63) is 125 Å². The van der Waals surface area contributed by atoms with Crippen LogP contribution >= 0.6 is 0 Å². The minimum absolute atomic E-state index is 0.0416. The van der Waals surface area contributed by atoms with Gasteiger partial charge in [0, 0.05) is 25.8 Å². The molecule has 85 heavy (non-hydrogen) atoms. The van der Waals surface area contributed by atoms with Crippen LogP contribution in [0.4, 0.5) is 0 Å². The van der Waals surface area contributed by atoms with E-state index in [9.17, 15) is 73.5 Å². The fourth-order valence-corrected chi connectivity index (χ4v) is 9.68. The van der Waals surface area contributed by atoms with Gasteiger partial charge in [-0.25, -0.2) is 4.79 Å². The van der Waals surface area contributed by atoms with Gasteiger partial charge in [-0.15, -0.1) is 0 Å². The van der Waals surface area contributed by atoms with E-state index in [1.54, 1.807) is 56.3 Å². The minimum atomic E-state index is -1.83. The zero-order valence-electron chi connectivity index (χ0n) is 48.5. The molecule has 0 aromatic heterocycles. The Morgan fingerprint density at radius 3 is 1.36 bits per heavy atom. The highest BCUT2D eigenvalue weighted by Gasteiger charge is 2.41. The smallest absolute Gasteiger partial charge is 0.326 e. The molecule has 458 valence electrons. The lowest BCUT2D eigenvalue weighted by Crippen LogP contribution is -2.61. The molecule has 1 aliphatic rings. The van der Waals surface area contributed by atoms with Crippen LogP contribution < -0.4 is 43.0 Å². The Labute approximate surface area is 493 Å². The summed E-state index contributed by atoms with van der Waals surface area (Å²) in [7, 11) is 0. The average Bonchev–Trinajstić information content (AvgIpc) is 3.48. The fraction of sp³-hybridized carbons (Fsp3) is 0.443. The number of aromatic hydroxyl groups is 3. The summed E-state index contributed by atoms with van der Waals surface area (Å²) in [5.74, 6) is -11.3. The number of amides is 8. The van der Waals surface area contributed by atoms with Crippen LogP contribution in [0.25, 0.3) is 0 Å². The number of phenols is 3. The monoisotopic (exact) mass is 1180 g/mol. The van der Waals surface area contributed by atoms with Gasteiger partial charge in [0.25, 0.3) is 0 Å². The molecule has 0 radical (unpaired) electrons. The molecule has 0 saturated carbocycles. The summed E-state index contributed by atoms with van der Waals surface area (Å²) in [5.41, 5.74) is 8.52. The SMILES string of the molecule is CC(C)C[C@H](NC(=O)[C@@H]1CCCN1C(=O)[C@H](Cc1ccccc1)NC(=O)[C@@H](N)Cc1ccc(O)cc1)C(=O)N[C@H](C(=O)N[C@@H](Cc1ccc(O)cc1)C(=O)N[C@@H](Cc1ccc(O)cc1)C(=O)N[C@@H](CC(=O)O)C(=O)N[C@H](C(=O)O)C(C)C)C(C)C. The standard InChI is InChI=1S/C61H79N9O15/c1-33(2)27-44(65-58(81)49-13-10-26-70(49)60(83)48(31-36-11-8-7-9-12-36)67-53(76)43(62)28-37-14-20-40(71)21-15-37)56(79)68-51(34(3)4)59(82)66-46(30-39-18-24-42(73)25-19-39)55(78)63-45(29-38-16-22-41(72)23-17-38)54(77)64-47(32-50(74)75)57(80)69-52(35(5)6)61(84)85/h7-9,11-12,14-25,33-35,43-49,51-52,71-73H,10,13,26-32,62H2,1-6H3,(H,63,78)(H,64,77)(H,65,81)(H,66,82)(H,67,76)(H,68,79)(H,69,80)(H,74,75)(H,84,85)/t43-,44-,45-,46-,47-,48-,49-,51-,52-/m0/s1. The number of carboxylic acid groups (broad SMARTS) is 2. The van der Waals surface area contributed by atoms with E-state index in [1.165, 1.54) is 79.4 Å². The summed E-state index contributed by atoms with van der Waals surface area (Å²) in [6, 6.07) is 14.0. The van der Waals surface area contributed by atoms with Crippen LogP contribution in [0.15, 0.2) is 103 Å². The van der Waals surface area contributed by atoms with Gasteiger partial charge in [-0.3, -0.25) is 43.2 Å². The molecule has 8 amide bonds. The summed E-state index contributed by atoms with van der Waals surface area (Å²) in [4.78, 5) is 139. The van der Waals surface area contributed by atoms with E-state index in [2.05, 4.69) is 37.2 Å². The first kappa shape index (κ1) is 66.7. The highest BCUT2D eigenvalue weighted by atomic mass is 16.4. The highest BCUT2D eigenvalue weighted by Crippen LogP contribution is 2.22. The third-order valence-corrected chi connectivity index (χ3v) is 14.3. The Balaban J connectivity index is 1.37. The van der Waals surface area contributed by atoms with Crippen LogP contribution in [-0.4, -0.2) is 151 Å². The topological polar surface area (TPSA) is 385 Å². The molecule has 1 fully saturated rings. The first-order chi connectivity index (χ1) is 40.2. The maximum atomic E-state index is 14.6. The van der Waals surface area contributed by atoms with Gasteiger partial charge in [-0.05, 0) is 102 Å². The molecule has 4 aromatic rings. The van der Waals surface area contributed by atoms with E-state index >= 15 is 0 Å². The normalized spacial score (nSPS) is 15.9. The van der Waals surface area contributed by atoms with E-state index < -0.39 is 132 Å². The number of benzene rings is 4. The molecule has 0 bridgehead atoms. The zero-order valence-corrected chi connectivity index (χ0v) is 48.5. The van der Waals surface area contributed by atoms with Gasteiger partial charge in [0.2, 0.25) is 47.3 Å². The molecular formula is C61H79N9O15. The lowest BCUT2D eigenvalue weighted by Gasteiger charge is -2.31. The molecule has 1 aliphatic heterocycles. The van der Waals surface area contributed by atoms with Crippen LogP contribution in [0.3, 0.4) is 0 Å². The number of aliphatic carboxylic acids is 2. The number of carbonyl (C=O) groups excluding carboxylic acids is 8. The molecule has 4 aromatic carbocycles.